The smallest absolute Gasteiger partial charge is 0.251 e. The SMILES string of the molecule is CCC(C)NC(=O)CCNC(=O)c1ccc(-n2cnnn2)cc1. The highest BCUT2D eigenvalue weighted by molar-refractivity contribution is 5.94. The van der Waals surface area contributed by atoms with Gasteiger partial charge in [-0.3, -0.25) is 9.59 Å². The van der Waals surface area contributed by atoms with Gasteiger partial charge in [-0.2, -0.15) is 0 Å². The fourth-order valence-corrected chi connectivity index (χ4v) is 1.89. The van der Waals surface area contributed by atoms with E-state index in [0.717, 1.165) is 12.1 Å². The van der Waals surface area contributed by atoms with Crippen LogP contribution in [0.15, 0.2) is 30.6 Å². The third-order valence-electron chi connectivity index (χ3n) is 3.40. The fraction of sp³-hybridized carbons (Fsp3) is 0.400. The standard InChI is InChI=1S/C15H20N6O2/c1-3-11(2)18-14(22)8-9-16-15(23)12-4-6-13(7-5-12)21-10-17-19-20-21/h4-7,10-11H,3,8-9H2,1-2H3,(H,16,23)(H,18,22). The molecular formula is C15H20N6O2. The summed E-state index contributed by atoms with van der Waals surface area (Å²) in [6.07, 6.45) is 2.62. The van der Waals surface area contributed by atoms with Crippen molar-refractivity contribution in [3.8, 4) is 5.69 Å². The zero-order valence-electron chi connectivity index (χ0n) is 13.2. The highest BCUT2D eigenvalue weighted by Gasteiger charge is 2.08. The topological polar surface area (TPSA) is 102 Å². The van der Waals surface area contributed by atoms with Crippen molar-refractivity contribution in [2.45, 2.75) is 32.7 Å². The van der Waals surface area contributed by atoms with Gasteiger partial charge in [0, 0.05) is 24.6 Å². The van der Waals surface area contributed by atoms with Crippen LogP contribution in [0.1, 0.15) is 37.0 Å². The summed E-state index contributed by atoms with van der Waals surface area (Å²) in [6.45, 7) is 4.25. The number of carbonyl (C=O) groups excluding carboxylic acids is 2. The lowest BCUT2D eigenvalue weighted by Crippen LogP contribution is -2.35. The van der Waals surface area contributed by atoms with Gasteiger partial charge < -0.3 is 10.6 Å². The van der Waals surface area contributed by atoms with Crippen LogP contribution in [0, 0.1) is 0 Å². The number of amides is 2. The van der Waals surface area contributed by atoms with E-state index in [0.29, 0.717) is 12.1 Å². The monoisotopic (exact) mass is 316 g/mol. The summed E-state index contributed by atoms with van der Waals surface area (Å²) in [5, 5.41) is 16.5. The van der Waals surface area contributed by atoms with Gasteiger partial charge in [0.15, 0.2) is 0 Å². The number of aromatic nitrogens is 4. The molecule has 0 fully saturated rings. The predicted octanol–water partition coefficient (Wildman–Crippen LogP) is 0.697. The second-order valence-electron chi connectivity index (χ2n) is 5.18. The number of tetrazole rings is 1. The van der Waals surface area contributed by atoms with Crippen molar-refractivity contribution in [1.29, 1.82) is 0 Å². The van der Waals surface area contributed by atoms with Crippen LogP contribution in [0.25, 0.3) is 5.69 Å². The molecular weight excluding hydrogens is 296 g/mol. The van der Waals surface area contributed by atoms with Crippen LogP contribution in [0.3, 0.4) is 0 Å². The Bertz CT molecular complexity index is 638. The highest BCUT2D eigenvalue weighted by atomic mass is 16.2. The summed E-state index contributed by atoms with van der Waals surface area (Å²) in [6, 6.07) is 7.02. The Labute approximate surface area is 134 Å². The van der Waals surface area contributed by atoms with Gasteiger partial charge in [-0.15, -0.1) is 5.10 Å². The first-order chi connectivity index (χ1) is 11.1. The van der Waals surface area contributed by atoms with Gasteiger partial charge in [0.25, 0.3) is 5.91 Å². The van der Waals surface area contributed by atoms with E-state index in [9.17, 15) is 9.59 Å². The Morgan fingerprint density at radius 3 is 2.61 bits per heavy atom. The minimum absolute atomic E-state index is 0.0614. The first-order valence-corrected chi connectivity index (χ1v) is 7.51. The largest absolute Gasteiger partial charge is 0.354 e. The van der Waals surface area contributed by atoms with E-state index in [2.05, 4.69) is 26.2 Å². The van der Waals surface area contributed by atoms with E-state index in [1.807, 2.05) is 13.8 Å². The van der Waals surface area contributed by atoms with Crippen LogP contribution in [-0.4, -0.2) is 44.6 Å². The molecule has 2 aromatic rings. The van der Waals surface area contributed by atoms with Crippen LogP contribution >= 0.6 is 0 Å². The Morgan fingerprint density at radius 2 is 2.00 bits per heavy atom. The van der Waals surface area contributed by atoms with Crippen molar-refractivity contribution in [3.63, 3.8) is 0 Å². The lowest BCUT2D eigenvalue weighted by atomic mass is 10.2. The fourth-order valence-electron chi connectivity index (χ4n) is 1.89. The van der Waals surface area contributed by atoms with Gasteiger partial charge in [-0.25, -0.2) is 4.68 Å². The maximum atomic E-state index is 12.0. The van der Waals surface area contributed by atoms with Gasteiger partial charge in [-0.1, -0.05) is 6.92 Å². The number of carbonyl (C=O) groups is 2. The Hall–Kier alpha value is -2.77. The van der Waals surface area contributed by atoms with Crippen LogP contribution in [0.5, 0.6) is 0 Å². The third kappa shape index (κ3) is 4.87. The molecule has 0 spiro atoms. The molecule has 2 rings (SSSR count). The minimum atomic E-state index is -0.218. The number of nitrogens with zero attached hydrogens (tertiary/aromatic N) is 4. The van der Waals surface area contributed by atoms with Crippen molar-refractivity contribution in [2.75, 3.05) is 6.54 Å². The van der Waals surface area contributed by atoms with Crippen LogP contribution in [0.4, 0.5) is 0 Å². The van der Waals surface area contributed by atoms with Crippen molar-refractivity contribution in [1.82, 2.24) is 30.8 Å². The second kappa shape index (κ2) is 8.02. The Morgan fingerprint density at radius 1 is 1.26 bits per heavy atom. The third-order valence-corrected chi connectivity index (χ3v) is 3.40. The molecule has 1 aromatic carbocycles. The summed E-state index contributed by atoms with van der Waals surface area (Å²) in [4.78, 5) is 23.6. The predicted molar refractivity (Wildman–Crippen MR) is 84.0 cm³/mol. The van der Waals surface area contributed by atoms with Crippen molar-refractivity contribution >= 4 is 11.8 Å². The molecule has 8 nitrogen and oxygen atoms in total. The highest BCUT2D eigenvalue weighted by Crippen LogP contribution is 2.07. The van der Waals surface area contributed by atoms with Gasteiger partial charge in [0.05, 0.1) is 5.69 Å². The van der Waals surface area contributed by atoms with E-state index in [1.165, 1.54) is 11.0 Å². The molecule has 1 unspecified atom stereocenters. The normalized spacial score (nSPS) is 11.7. The summed E-state index contributed by atoms with van der Waals surface area (Å²) >= 11 is 0. The van der Waals surface area contributed by atoms with E-state index in [4.69, 9.17) is 0 Å². The molecule has 1 aromatic heterocycles. The molecule has 0 aliphatic carbocycles. The minimum Gasteiger partial charge on any atom is -0.354 e. The van der Waals surface area contributed by atoms with Crippen LogP contribution < -0.4 is 10.6 Å². The maximum absolute atomic E-state index is 12.0. The molecule has 122 valence electrons. The molecule has 0 radical (unpaired) electrons. The molecule has 2 N–H and O–H groups in total. The summed E-state index contributed by atoms with van der Waals surface area (Å²) in [5.74, 6) is -0.279. The Balaban J connectivity index is 1.81. The molecule has 0 aliphatic rings. The van der Waals surface area contributed by atoms with Crippen molar-refractivity contribution in [2.24, 2.45) is 0 Å². The maximum Gasteiger partial charge on any atom is 0.251 e. The lowest BCUT2D eigenvalue weighted by Gasteiger charge is -2.11. The molecule has 1 atom stereocenters. The first-order valence-electron chi connectivity index (χ1n) is 7.51. The van der Waals surface area contributed by atoms with Gasteiger partial charge in [-0.05, 0) is 48.0 Å². The van der Waals surface area contributed by atoms with Crippen LogP contribution in [-0.2, 0) is 4.79 Å². The molecule has 1 heterocycles. The van der Waals surface area contributed by atoms with Gasteiger partial charge in [0.2, 0.25) is 5.91 Å². The number of hydrogen-bond donors (Lipinski definition) is 2. The van der Waals surface area contributed by atoms with Gasteiger partial charge in [0.1, 0.15) is 6.33 Å². The molecule has 0 saturated carbocycles. The number of benzene rings is 1. The summed E-state index contributed by atoms with van der Waals surface area (Å²) in [5.41, 5.74) is 1.28. The molecule has 0 bridgehead atoms. The van der Waals surface area contributed by atoms with E-state index >= 15 is 0 Å². The van der Waals surface area contributed by atoms with E-state index in [1.54, 1.807) is 24.3 Å². The molecule has 0 aliphatic heterocycles. The average Bonchev–Trinajstić information content (AvgIpc) is 3.09. The second-order valence-corrected chi connectivity index (χ2v) is 5.18. The van der Waals surface area contributed by atoms with Gasteiger partial charge >= 0.3 is 0 Å². The van der Waals surface area contributed by atoms with E-state index in [-0.39, 0.29) is 24.3 Å². The number of nitrogens with one attached hydrogen (secondary N) is 2. The molecule has 0 saturated heterocycles. The summed E-state index contributed by atoms with van der Waals surface area (Å²) < 4.78 is 1.50. The zero-order chi connectivity index (χ0) is 16.7. The Kier molecular flexibility index (Phi) is 5.79. The number of rotatable bonds is 7. The lowest BCUT2D eigenvalue weighted by molar-refractivity contribution is -0.121. The quantitative estimate of drug-likeness (QED) is 0.783. The number of hydrogen-bond acceptors (Lipinski definition) is 5. The molecule has 2 amide bonds. The molecule has 23 heavy (non-hydrogen) atoms. The first kappa shape index (κ1) is 16.6. The molecule has 8 heteroatoms. The van der Waals surface area contributed by atoms with Crippen molar-refractivity contribution in [3.05, 3.63) is 36.2 Å². The summed E-state index contributed by atoms with van der Waals surface area (Å²) in [7, 11) is 0. The van der Waals surface area contributed by atoms with Crippen molar-refractivity contribution < 1.29 is 9.59 Å². The average molecular weight is 316 g/mol. The van der Waals surface area contributed by atoms with Crippen LogP contribution in [0.2, 0.25) is 0 Å². The van der Waals surface area contributed by atoms with E-state index < -0.39 is 0 Å². The zero-order valence-corrected chi connectivity index (χ0v) is 13.2.